The van der Waals surface area contributed by atoms with E-state index < -0.39 is 0 Å². The van der Waals surface area contributed by atoms with E-state index in [0.717, 1.165) is 43.5 Å². The zero-order chi connectivity index (χ0) is 20.5. The highest BCUT2D eigenvalue weighted by molar-refractivity contribution is 5.94. The number of amides is 3. The average Bonchev–Trinajstić information content (AvgIpc) is 2.77. The van der Waals surface area contributed by atoms with Crippen LogP contribution in [0.5, 0.6) is 0 Å². The van der Waals surface area contributed by atoms with E-state index in [-0.39, 0.29) is 11.9 Å². The molecule has 0 radical (unpaired) electrons. The molecule has 0 aromatic heterocycles. The maximum absolute atomic E-state index is 12.6. The lowest BCUT2D eigenvalue weighted by Crippen LogP contribution is -2.44. The standard InChI is InChI=1S/C23H36N4O2/c1-2-24-23(29)27-16-7-11-21(18-27)19-9-6-10-20(17-19)22(28)25-12-8-15-26-13-4-3-5-14-26/h6,9-10,17,21H,2-5,7-8,11-16,18H2,1H3,(H,24,29)(H,25,28). The van der Waals surface area contributed by atoms with E-state index in [9.17, 15) is 9.59 Å². The highest BCUT2D eigenvalue weighted by Gasteiger charge is 2.25. The normalized spacial score (nSPS) is 20.3. The number of benzene rings is 1. The molecular formula is C23H36N4O2. The van der Waals surface area contributed by atoms with Crippen molar-refractivity contribution in [2.45, 2.75) is 51.4 Å². The van der Waals surface area contributed by atoms with Gasteiger partial charge < -0.3 is 20.4 Å². The van der Waals surface area contributed by atoms with E-state index in [2.05, 4.69) is 21.6 Å². The molecule has 0 saturated carbocycles. The van der Waals surface area contributed by atoms with Crippen LogP contribution < -0.4 is 10.6 Å². The van der Waals surface area contributed by atoms with Crippen molar-refractivity contribution < 1.29 is 9.59 Å². The van der Waals surface area contributed by atoms with Crippen molar-refractivity contribution in [2.75, 3.05) is 45.8 Å². The highest BCUT2D eigenvalue weighted by Crippen LogP contribution is 2.27. The summed E-state index contributed by atoms with van der Waals surface area (Å²) < 4.78 is 0. The molecule has 2 fully saturated rings. The fraction of sp³-hybridized carbons (Fsp3) is 0.652. The van der Waals surface area contributed by atoms with Crippen molar-refractivity contribution in [1.82, 2.24) is 20.4 Å². The summed E-state index contributed by atoms with van der Waals surface area (Å²) in [5, 5.41) is 5.96. The molecule has 6 heteroatoms. The first-order valence-corrected chi connectivity index (χ1v) is 11.3. The van der Waals surface area contributed by atoms with Crippen LogP contribution in [-0.2, 0) is 0 Å². The molecule has 6 nitrogen and oxygen atoms in total. The molecule has 2 N–H and O–H groups in total. The van der Waals surface area contributed by atoms with Crippen LogP contribution in [0.15, 0.2) is 24.3 Å². The van der Waals surface area contributed by atoms with Gasteiger partial charge in [-0.1, -0.05) is 18.6 Å². The molecule has 1 aromatic carbocycles. The first-order chi connectivity index (χ1) is 14.2. The second kappa shape index (κ2) is 11.2. The Morgan fingerprint density at radius 2 is 1.90 bits per heavy atom. The number of carbonyl (C=O) groups is 2. The number of nitrogens with one attached hydrogen (secondary N) is 2. The summed E-state index contributed by atoms with van der Waals surface area (Å²) in [5.41, 5.74) is 1.87. The quantitative estimate of drug-likeness (QED) is 0.691. The Balaban J connectivity index is 1.49. The van der Waals surface area contributed by atoms with Gasteiger partial charge in [0.05, 0.1) is 0 Å². The van der Waals surface area contributed by atoms with Gasteiger partial charge in [-0.05, 0) is 76.4 Å². The van der Waals surface area contributed by atoms with Crippen molar-refractivity contribution in [2.24, 2.45) is 0 Å². The number of nitrogens with zero attached hydrogens (tertiary/aromatic N) is 2. The SMILES string of the molecule is CCNC(=O)N1CCCC(c2cccc(C(=O)NCCCN3CCCCC3)c2)C1. The molecule has 0 aliphatic carbocycles. The second-order valence-electron chi connectivity index (χ2n) is 8.26. The molecule has 3 rings (SSSR count). The van der Waals surface area contributed by atoms with E-state index in [4.69, 9.17) is 0 Å². The van der Waals surface area contributed by atoms with Crippen molar-refractivity contribution >= 4 is 11.9 Å². The van der Waals surface area contributed by atoms with E-state index >= 15 is 0 Å². The Morgan fingerprint density at radius 1 is 1.07 bits per heavy atom. The maximum atomic E-state index is 12.6. The van der Waals surface area contributed by atoms with Gasteiger partial charge in [0.15, 0.2) is 0 Å². The number of likely N-dealkylation sites (tertiary alicyclic amines) is 2. The maximum Gasteiger partial charge on any atom is 0.317 e. The number of rotatable bonds is 7. The lowest BCUT2D eigenvalue weighted by Gasteiger charge is -2.33. The van der Waals surface area contributed by atoms with Crippen LogP contribution in [0, 0.1) is 0 Å². The van der Waals surface area contributed by atoms with Crippen LogP contribution in [0.25, 0.3) is 0 Å². The highest BCUT2D eigenvalue weighted by atomic mass is 16.2. The fourth-order valence-electron chi connectivity index (χ4n) is 4.42. The van der Waals surface area contributed by atoms with Crippen LogP contribution in [0.4, 0.5) is 4.79 Å². The van der Waals surface area contributed by atoms with Crippen LogP contribution >= 0.6 is 0 Å². The predicted octanol–water partition coefficient (Wildman–Crippen LogP) is 3.20. The number of hydrogen-bond donors (Lipinski definition) is 2. The minimum Gasteiger partial charge on any atom is -0.352 e. The van der Waals surface area contributed by atoms with Crippen LogP contribution in [0.1, 0.15) is 67.3 Å². The van der Waals surface area contributed by atoms with Gasteiger partial charge in [-0.2, -0.15) is 0 Å². The zero-order valence-electron chi connectivity index (χ0n) is 17.8. The molecule has 2 heterocycles. The number of piperidine rings is 2. The van der Waals surface area contributed by atoms with E-state index in [1.165, 1.54) is 32.4 Å². The first-order valence-electron chi connectivity index (χ1n) is 11.3. The molecule has 2 aliphatic heterocycles. The molecule has 1 atom stereocenters. The van der Waals surface area contributed by atoms with Crippen molar-refractivity contribution in [3.63, 3.8) is 0 Å². The summed E-state index contributed by atoms with van der Waals surface area (Å²) in [6.45, 7) is 8.29. The van der Waals surface area contributed by atoms with E-state index in [0.29, 0.717) is 25.6 Å². The predicted molar refractivity (Wildman–Crippen MR) is 116 cm³/mol. The lowest BCUT2D eigenvalue weighted by atomic mass is 9.89. The third-order valence-electron chi connectivity index (χ3n) is 6.04. The van der Waals surface area contributed by atoms with Crippen molar-refractivity contribution in [3.8, 4) is 0 Å². The summed E-state index contributed by atoms with van der Waals surface area (Å²) in [4.78, 5) is 29.1. The number of carbonyl (C=O) groups excluding carboxylic acids is 2. The average molecular weight is 401 g/mol. The third-order valence-corrected chi connectivity index (χ3v) is 6.04. The molecule has 29 heavy (non-hydrogen) atoms. The number of hydrogen-bond acceptors (Lipinski definition) is 3. The molecule has 0 bridgehead atoms. The summed E-state index contributed by atoms with van der Waals surface area (Å²) in [6.07, 6.45) is 7.00. The molecular weight excluding hydrogens is 364 g/mol. The van der Waals surface area contributed by atoms with Crippen LogP contribution in [-0.4, -0.2) is 67.6 Å². The summed E-state index contributed by atoms with van der Waals surface area (Å²) in [6, 6.07) is 7.95. The van der Waals surface area contributed by atoms with Gasteiger partial charge in [-0.3, -0.25) is 4.79 Å². The van der Waals surface area contributed by atoms with Crippen molar-refractivity contribution in [1.29, 1.82) is 0 Å². The molecule has 1 unspecified atom stereocenters. The lowest BCUT2D eigenvalue weighted by molar-refractivity contribution is 0.0950. The Bertz CT molecular complexity index is 673. The summed E-state index contributed by atoms with van der Waals surface area (Å²) in [5.74, 6) is 0.292. The summed E-state index contributed by atoms with van der Waals surface area (Å²) >= 11 is 0. The molecule has 3 amide bonds. The molecule has 1 aromatic rings. The van der Waals surface area contributed by atoms with Crippen LogP contribution in [0.2, 0.25) is 0 Å². The van der Waals surface area contributed by atoms with Gasteiger partial charge >= 0.3 is 6.03 Å². The largest absolute Gasteiger partial charge is 0.352 e. The first kappa shape index (κ1) is 21.6. The minimum absolute atomic E-state index is 0.00175. The number of urea groups is 1. The zero-order valence-corrected chi connectivity index (χ0v) is 17.8. The van der Waals surface area contributed by atoms with E-state index in [1.807, 2.05) is 30.0 Å². The van der Waals surface area contributed by atoms with Gasteiger partial charge in [0, 0.05) is 37.7 Å². The molecule has 2 aliphatic rings. The molecule has 0 spiro atoms. The minimum atomic E-state index is 0.00175. The van der Waals surface area contributed by atoms with Gasteiger partial charge in [-0.15, -0.1) is 0 Å². The Kier molecular flexibility index (Phi) is 8.35. The van der Waals surface area contributed by atoms with Gasteiger partial charge in [-0.25, -0.2) is 4.79 Å². The second-order valence-corrected chi connectivity index (χ2v) is 8.26. The molecule has 160 valence electrons. The smallest absolute Gasteiger partial charge is 0.317 e. The Labute approximate surface area is 175 Å². The van der Waals surface area contributed by atoms with Gasteiger partial charge in [0.1, 0.15) is 0 Å². The van der Waals surface area contributed by atoms with E-state index in [1.54, 1.807) is 0 Å². The van der Waals surface area contributed by atoms with Crippen LogP contribution in [0.3, 0.4) is 0 Å². The molecule has 2 saturated heterocycles. The van der Waals surface area contributed by atoms with Gasteiger partial charge in [0.2, 0.25) is 0 Å². The monoisotopic (exact) mass is 400 g/mol. The fourth-order valence-corrected chi connectivity index (χ4v) is 4.42. The Hall–Kier alpha value is -2.08. The van der Waals surface area contributed by atoms with Crippen molar-refractivity contribution in [3.05, 3.63) is 35.4 Å². The topological polar surface area (TPSA) is 64.7 Å². The Morgan fingerprint density at radius 3 is 2.69 bits per heavy atom. The third kappa shape index (κ3) is 6.46. The summed E-state index contributed by atoms with van der Waals surface area (Å²) in [7, 11) is 0. The van der Waals surface area contributed by atoms with Gasteiger partial charge in [0.25, 0.3) is 5.91 Å².